The van der Waals surface area contributed by atoms with E-state index in [4.69, 9.17) is 0 Å². The second-order valence-electron chi connectivity index (χ2n) is 5.23. The first-order valence-electron chi connectivity index (χ1n) is 6.63. The molecular weight excluding hydrogens is 312 g/mol. The van der Waals surface area contributed by atoms with Crippen LogP contribution < -0.4 is 4.72 Å². The van der Waals surface area contributed by atoms with Crippen LogP contribution in [0.3, 0.4) is 0 Å². The van der Waals surface area contributed by atoms with Crippen LogP contribution in [0, 0.1) is 5.92 Å². The van der Waals surface area contributed by atoms with Gasteiger partial charge in [0.25, 0.3) is 0 Å². The Kier molecular flexibility index (Phi) is 6.33. The Labute approximate surface area is 127 Å². The van der Waals surface area contributed by atoms with Crippen molar-refractivity contribution in [2.24, 2.45) is 5.92 Å². The van der Waals surface area contributed by atoms with Crippen molar-refractivity contribution in [3.8, 4) is 0 Å². The fourth-order valence-electron chi connectivity index (χ4n) is 1.79. The minimum Gasteiger partial charge on any atom is -0.213 e. The van der Waals surface area contributed by atoms with Crippen molar-refractivity contribution in [2.75, 3.05) is 25.9 Å². The largest absolute Gasteiger partial charge is 0.240 e. The maximum absolute atomic E-state index is 12.0. The third-order valence-corrected chi connectivity index (χ3v) is 5.49. The topological polar surface area (TPSA) is 83.6 Å². The van der Waals surface area contributed by atoms with Crippen LogP contribution in [0.1, 0.15) is 13.8 Å². The lowest BCUT2D eigenvalue weighted by atomic mass is 10.2. The van der Waals surface area contributed by atoms with Crippen LogP contribution in [0.25, 0.3) is 0 Å². The zero-order valence-corrected chi connectivity index (χ0v) is 14.1. The highest BCUT2D eigenvalue weighted by atomic mass is 32.2. The average Bonchev–Trinajstić information content (AvgIpc) is 2.37. The molecule has 0 radical (unpaired) electrons. The molecule has 8 heteroatoms. The SMILES string of the molecule is CC(C)CN(CCNS(=O)(=O)c1ccccc1)S(C)(=O)=O. The molecule has 0 unspecified atom stereocenters. The molecule has 1 aromatic rings. The van der Waals surface area contributed by atoms with E-state index in [9.17, 15) is 16.8 Å². The summed E-state index contributed by atoms with van der Waals surface area (Å²) in [4.78, 5) is 0.166. The summed E-state index contributed by atoms with van der Waals surface area (Å²) in [5.41, 5.74) is 0. The second kappa shape index (κ2) is 7.35. The van der Waals surface area contributed by atoms with E-state index in [0.717, 1.165) is 6.26 Å². The van der Waals surface area contributed by atoms with Crippen molar-refractivity contribution in [3.05, 3.63) is 30.3 Å². The van der Waals surface area contributed by atoms with Crippen molar-refractivity contribution >= 4 is 20.0 Å². The number of nitrogens with one attached hydrogen (secondary N) is 1. The third kappa shape index (κ3) is 6.13. The van der Waals surface area contributed by atoms with E-state index in [1.165, 1.54) is 16.4 Å². The first kappa shape index (κ1) is 18.1. The van der Waals surface area contributed by atoms with Gasteiger partial charge in [-0.25, -0.2) is 25.9 Å². The standard InChI is InChI=1S/C13H22N2O4S2/c1-12(2)11-15(20(3,16)17)10-9-14-21(18,19)13-7-5-4-6-8-13/h4-8,12,14H,9-11H2,1-3H3. The molecule has 1 rings (SSSR count). The van der Waals surface area contributed by atoms with Gasteiger partial charge in [-0.2, -0.15) is 0 Å². The highest BCUT2D eigenvalue weighted by Crippen LogP contribution is 2.07. The van der Waals surface area contributed by atoms with E-state index in [2.05, 4.69) is 4.72 Å². The Morgan fingerprint density at radius 1 is 1.10 bits per heavy atom. The van der Waals surface area contributed by atoms with Gasteiger partial charge in [0.15, 0.2) is 0 Å². The Morgan fingerprint density at radius 2 is 1.67 bits per heavy atom. The summed E-state index contributed by atoms with van der Waals surface area (Å²) < 4.78 is 51.0. The van der Waals surface area contributed by atoms with E-state index in [1.54, 1.807) is 18.2 Å². The first-order valence-corrected chi connectivity index (χ1v) is 9.96. The molecule has 6 nitrogen and oxygen atoms in total. The molecule has 0 saturated heterocycles. The second-order valence-corrected chi connectivity index (χ2v) is 8.98. The summed E-state index contributed by atoms with van der Waals surface area (Å²) >= 11 is 0. The van der Waals surface area contributed by atoms with E-state index in [-0.39, 0.29) is 23.9 Å². The quantitative estimate of drug-likeness (QED) is 0.765. The highest BCUT2D eigenvalue weighted by Gasteiger charge is 2.19. The number of rotatable bonds is 8. The van der Waals surface area contributed by atoms with Crippen LogP contribution in [-0.2, 0) is 20.0 Å². The van der Waals surface area contributed by atoms with E-state index in [0.29, 0.717) is 6.54 Å². The molecule has 0 aliphatic heterocycles. The maximum Gasteiger partial charge on any atom is 0.240 e. The zero-order valence-electron chi connectivity index (χ0n) is 12.5. The molecule has 0 spiro atoms. The number of nitrogens with zero attached hydrogens (tertiary/aromatic N) is 1. The Hall–Kier alpha value is -0.960. The summed E-state index contributed by atoms with van der Waals surface area (Å²) in [5.74, 6) is 0.172. The molecule has 0 atom stereocenters. The van der Waals surface area contributed by atoms with Gasteiger partial charge in [0.05, 0.1) is 11.2 Å². The number of benzene rings is 1. The van der Waals surface area contributed by atoms with Gasteiger partial charge in [0, 0.05) is 19.6 Å². The van der Waals surface area contributed by atoms with Gasteiger partial charge >= 0.3 is 0 Å². The van der Waals surface area contributed by atoms with Gasteiger partial charge < -0.3 is 0 Å². The summed E-state index contributed by atoms with van der Waals surface area (Å²) in [7, 11) is -6.95. The molecule has 0 aliphatic rings. The molecule has 0 aliphatic carbocycles. The maximum atomic E-state index is 12.0. The number of hydrogen-bond acceptors (Lipinski definition) is 4. The van der Waals surface area contributed by atoms with Crippen molar-refractivity contribution in [3.63, 3.8) is 0 Å². The number of hydrogen-bond donors (Lipinski definition) is 1. The van der Waals surface area contributed by atoms with Gasteiger partial charge in [-0.05, 0) is 18.1 Å². The predicted octanol–water partition coefficient (Wildman–Crippen LogP) is 0.882. The monoisotopic (exact) mass is 334 g/mol. The minimum absolute atomic E-state index is 0.0387. The summed E-state index contributed by atoms with van der Waals surface area (Å²) in [6.07, 6.45) is 1.13. The van der Waals surface area contributed by atoms with Crippen molar-refractivity contribution in [1.29, 1.82) is 0 Å². The smallest absolute Gasteiger partial charge is 0.213 e. The Balaban J connectivity index is 2.66. The normalized spacial score (nSPS) is 13.0. The molecule has 1 aromatic carbocycles. The average molecular weight is 334 g/mol. The fourth-order valence-corrected chi connectivity index (χ4v) is 3.82. The van der Waals surface area contributed by atoms with Crippen LogP contribution in [0.5, 0.6) is 0 Å². The molecule has 0 saturated carbocycles. The molecule has 0 aromatic heterocycles. The fraction of sp³-hybridized carbons (Fsp3) is 0.538. The Morgan fingerprint density at radius 3 is 2.14 bits per heavy atom. The van der Waals surface area contributed by atoms with Crippen LogP contribution in [0.4, 0.5) is 0 Å². The van der Waals surface area contributed by atoms with Gasteiger partial charge in [-0.1, -0.05) is 32.0 Å². The molecule has 0 heterocycles. The van der Waals surface area contributed by atoms with Gasteiger partial charge in [0.2, 0.25) is 20.0 Å². The summed E-state index contributed by atoms with van der Waals surface area (Å²) in [5, 5.41) is 0. The van der Waals surface area contributed by atoms with Crippen LogP contribution in [0.2, 0.25) is 0 Å². The summed E-state index contributed by atoms with van der Waals surface area (Å²) in [6.45, 7) is 4.34. The molecular formula is C13H22N2O4S2. The molecule has 0 fully saturated rings. The number of sulfonamides is 2. The lowest BCUT2D eigenvalue weighted by Gasteiger charge is -2.22. The van der Waals surface area contributed by atoms with E-state index in [1.807, 2.05) is 13.8 Å². The lowest BCUT2D eigenvalue weighted by Crippen LogP contribution is -2.39. The van der Waals surface area contributed by atoms with Gasteiger partial charge in [0.1, 0.15) is 0 Å². The molecule has 0 bridgehead atoms. The minimum atomic E-state index is -3.60. The molecule has 120 valence electrons. The van der Waals surface area contributed by atoms with E-state index < -0.39 is 20.0 Å². The van der Waals surface area contributed by atoms with Crippen molar-refractivity contribution < 1.29 is 16.8 Å². The molecule has 21 heavy (non-hydrogen) atoms. The van der Waals surface area contributed by atoms with Crippen LogP contribution >= 0.6 is 0 Å². The van der Waals surface area contributed by atoms with Gasteiger partial charge in [-0.3, -0.25) is 0 Å². The lowest BCUT2D eigenvalue weighted by molar-refractivity contribution is 0.372. The Bertz CT molecular complexity index is 640. The van der Waals surface area contributed by atoms with Crippen molar-refractivity contribution in [1.82, 2.24) is 9.03 Å². The molecule has 1 N–H and O–H groups in total. The van der Waals surface area contributed by atoms with Crippen molar-refractivity contribution in [2.45, 2.75) is 18.7 Å². The van der Waals surface area contributed by atoms with E-state index >= 15 is 0 Å². The highest BCUT2D eigenvalue weighted by molar-refractivity contribution is 7.89. The first-order chi connectivity index (χ1) is 9.63. The summed E-state index contributed by atoms with van der Waals surface area (Å²) in [6, 6.07) is 7.98. The van der Waals surface area contributed by atoms with Crippen LogP contribution in [0.15, 0.2) is 35.2 Å². The van der Waals surface area contributed by atoms with Gasteiger partial charge in [-0.15, -0.1) is 0 Å². The third-order valence-electron chi connectivity index (χ3n) is 2.74. The van der Waals surface area contributed by atoms with Crippen LogP contribution in [-0.4, -0.2) is 47.0 Å². The molecule has 0 amide bonds. The zero-order chi connectivity index (χ0) is 16.1. The predicted molar refractivity (Wildman–Crippen MR) is 82.9 cm³/mol.